The molecule has 1 aromatic rings. The van der Waals surface area contributed by atoms with Crippen molar-refractivity contribution in [2.45, 2.75) is 19.1 Å². The van der Waals surface area contributed by atoms with Crippen molar-refractivity contribution in [3.8, 4) is 0 Å². The molecule has 0 aromatic carbocycles. The summed E-state index contributed by atoms with van der Waals surface area (Å²) in [6.45, 7) is 4.01. The Morgan fingerprint density at radius 2 is 2.18 bits per heavy atom. The molecule has 0 atom stereocenters. The zero-order valence-electron chi connectivity index (χ0n) is 9.64. The molecule has 6 heteroatoms. The predicted octanol–water partition coefficient (Wildman–Crippen LogP) is 1.86. The number of hydrogen-bond acceptors (Lipinski definition) is 4. The lowest BCUT2D eigenvalue weighted by Crippen LogP contribution is -2.15. The third-order valence-electron chi connectivity index (χ3n) is 1.82. The van der Waals surface area contributed by atoms with E-state index in [1.54, 1.807) is 0 Å². The molecule has 0 saturated heterocycles. The van der Waals surface area contributed by atoms with E-state index in [1.807, 2.05) is 13.8 Å². The van der Waals surface area contributed by atoms with Gasteiger partial charge in [0.05, 0.1) is 23.2 Å². The molecule has 0 bridgehead atoms. The first-order valence-corrected chi connectivity index (χ1v) is 6.13. The first-order chi connectivity index (χ1) is 7.99. The van der Waals surface area contributed by atoms with Crippen molar-refractivity contribution in [3.63, 3.8) is 0 Å². The number of aromatic nitrogens is 1. The van der Waals surface area contributed by atoms with Crippen LogP contribution < -0.4 is 5.32 Å². The van der Waals surface area contributed by atoms with Crippen molar-refractivity contribution in [2.75, 3.05) is 11.1 Å². The van der Waals surface area contributed by atoms with Crippen LogP contribution in [-0.2, 0) is 4.79 Å². The predicted molar refractivity (Wildman–Crippen MR) is 67.4 cm³/mol. The van der Waals surface area contributed by atoms with Crippen LogP contribution in [0.5, 0.6) is 0 Å². The monoisotopic (exact) mass is 254 g/mol. The molecule has 92 valence electrons. The number of aromatic carboxylic acids is 1. The van der Waals surface area contributed by atoms with Crippen LogP contribution in [0.3, 0.4) is 0 Å². The number of anilines is 1. The van der Waals surface area contributed by atoms with Gasteiger partial charge in [-0.2, -0.15) is 0 Å². The number of nitrogens with zero attached hydrogens (tertiary/aromatic N) is 1. The number of carbonyl (C=O) groups excluding carboxylic acids is 1. The Labute approximate surface area is 104 Å². The molecule has 1 amide bonds. The molecular formula is C11H14N2O3S. The highest BCUT2D eigenvalue weighted by Gasteiger charge is 2.07. The lowest BCUT2D eigenvalue weighted by molar-refractivity contribution is -0.113. The summed E-state index contributed by atoms with van der Waals surface area (Å²) in [5.41, 5.74) is 0.457. The second kappa shape index (κ2) is 6.24. The van der Waals surface area contributed by atoms with Gasteiger partial charge in [-0.05, 0) is 11.3 Å². The van der Waals surface area contributed by atoms with E-state index in [4.69, 9.17) is 5.11 Å². The summed E-state index contributed by atoms with van der Waals surface area (Å²) in [5.74, 6) is -0.882. The standard InChI is InChI=1S/C11H14N2O3S/c1-7(2)17-6-10(14)13-9-3-8(11(15)16)4-12-5-9/h3-5,7H,6H2,1-2H3,(H,13,14)(H,15,16). The molecule has 0 aliphatic carbocycles. The highest BCUT2D eigenvalue weighted by molar-refractivity contribution is 8.00. The summed E-state index contributed by atoms with van der Waals surface area (Å²) < 4.78 is 0. The molecular weight excluding hydrogens is 240 g/mol. The number of nitrogens with one attached hydrogen (secondary N) is 1. The molecule has 2 N–H and O–H groups in total. The average Bonchev–Trinajstić information content (AvgIpc) is 2.26. The van der Waals surface area contributed by atoms with Crippen LogP contribution >= 0.6 is 11.8 Å². The lowest BCUT2D eigenvalue weighted by Gasteiger charge is -2.06. The number of pyridine rings is 1. The van der Waals surface area contributed by atoms with E-state index in [1.165, 1.54) is 30.2 Å². The minimum atomic E-state index is -1.06. The number of thioether (sulfide) groups is 1. The lowest BCUT2D eigenvalue weighted by atomic mass is 10.2. The van der Waals surface area contributed by atoms with Crippen LogP contribution in [0, 0.1) is 0 Å². The first-order valence-electron chi connectivity index (χ1n) is 5.09. The van der Waals surface area contributed by atoms with Crippen LogP contribution in [0.1, 0.15) is 24.2 Å². The minimum Gasteiger partial charge on any atom is -0.478 e. The van der Waals surface area contributed by atoms with Gasteiger partial charge in [-0.25, -0.2) is 4.79 Å². The van der Waals surface area contributed by atoms with Gasteiger partial charge in [-0.3, -0.25) is 9.78 Å². The molecule has 0 spiro atoms. The number of hydrogen-bond donors (Lipinski definition) is 2. The molecule has 0 aliphatic rings. The number of carboxylic acid groups (broad SMARTS) is 1. The zero-order chi connectivity index (χ0) is 12.8. The van der Waals surface area contributed by atoms with Gasteiger partial charge in [0.2, 0.25) is 5.91 Å². The Balaban J connectivity index is 2.59. The van der Waals surface area contributed by atoms with Crippen LogP contribution in [0.25, 0.3) is 0 Å². The number of carbonyl (C=O) groups is 2. The Morgan fingerprint density at radius 3 is 2.76 bits per heavy atom. The third kappa shape index (κ3) is 4.86. The van der Waals surface area contributed by atoms with Crippen LogP contribution in [0.2, 0.25) is 0 Å². The van der Waals surface area contributed by atoms with Gasteiger partial charge in [-0.15, -0.1) is 11.8 Å². The maximum absolute atomic E-state index is 11.5. The Bertz CT molecular complexity index is 421. The third-order valence-corrected chi connectivity index (χ3v) is 2.91. The SMILES string of the molecule is CC(C)SCC(=O)Nc1cncc(C(=O)O)c1. The fourth-order valence-corrected chi connectivity index (χ4v) is 1.62. The quantitative estimate of drug-likeness (QED) is 0.838. The minimum absolute atomic E-state index is 0.0549. The van der Waals surface area contributed by atoms with E-state index < -0.39 is 5.97 Å². The Kier molecular flexibility index (Phi) is 4.96. The van der Waals surface area contributed by atoms with Gasteiger partial charge < -0.3 is 10.4 Å². The second-order valence-corrected chi connectivity index (χ2v) is 5.24. The van der Waals surface area contributed by atoms with Gasteiger partial charge >= 0.3 is 5.97 Å². The van der Waals surface area contributed by atoms with Gasteiger partial charge in [0.15, 0.2) is 0 Å². The number of carboxylic acids is 1. The smallest absolute Gasteiger partial charge is 0.337 e. The van der Waals surface area contributed by atoms with E-state index in [9.17, 15) is 9.59 Å². The molecule has 0 fully saturated rings. The molecule has 1 rings (SSSR count). The normalized spacial score (nSPS) is 10.3. The van der Waals surface area contributed by atoms with Crippen molar-refractivity contribution in [1.82, 2.24) is 4.98 Å². The van der Waals surface area contributed by atoms with Gasteiger partial charge in [0, 0.05) is 6.20 Å². The van der Waals surface area contributed by atoms with Crippen LogP contribution in [-0.4, -0.2) is 33.0 Å². The Hall–Kier alpha value is -1.56. The first kappa shape index (κ1) is 13.5. The summed E-state index contributed by atoms with van der Waals surface area (Å²) >= 11 is 1.52. The summed E-state index contributed by atoms with van der Waals surface area (Å²) in [6.07, 6.45) is 2.66. The fraction of sp³-hybridized carbons (Fsp3) is 0.364. The van der Waals surface area contributed by atoms with Gasteiger partial charge in [0.1, 0.15) is 0 Å². The number of rotatable bonds is 5. The van der Waals surface area contributed by atoms with Crippen molar-refractivity contribution in [2.24, 2.45) is 0 Å². The molecule has 1 aromatic heterocycles. The number of amides is 1. The van der Waals surface area contributed by atoms with E-state index in [2.05, 4.69) is 10.3 Å². The van der Waals surface area contributed by atoms with E-state index >= 15 is 0 Å². The van der Waals surface area contributed by atoms with E-state index in [0.717, 1.165) is 0 Å². The maximum Gasteiger partial charge on any atom is 0.337 e. The van der Waals surface area contributed by atoms with E-state index in [0.29, 0.717) is 16.7 Å². The molecule has 0 aliphatic heterocycles. The highest BCUT2D eigenvalue weighted by atomic mass is 32.2. The molecule has 1 heterocycles. The summed E-state index contributed by atoms with van der Waals surface area (Å²) in [6, 6.07) is 1.38. The summed E-state index contributed by atoms with van der Waals surface area (Å²) in [7, 11) is 0. The Morgan fingerprint density at radius 1 is 1.47 bits per heavy atom. The van der Waals surface area contributed by atoms with Crippen molar-refractivity contribution < 1.29 is 14.7 Å². The van der Waals surface area contributed by atoms with Gasteiger partial charge in [0.25, 0.3) is 0 Å². The maximum atomic E-state index is 11.5. The van der Waals surface area contributed by atoms with Gasteiger partial charge in [-0.1, -0.05) is 13.8 Å². The summed E-state index contributed by atoms with van der Waals surface area (Å²) in [5, 5.41) is 11.7. The van der Waals surface area contributed by atoms with Crippen molar-refractivity contribution in [1.29, 1.82) is 0 Å². The molecule has 0 radical (unpaired) electrons. The van der Waals surface area contributed by atoms with Crippen molar-refractivity contribution in [3.05, 3.63) is 24.0 Å². The topological polar surface area (TPSA) is 79.3 Å². The molecule has 0 saturated carbocycles. The molecule has 0 unspecified atom stereocenters. The zero-order valence-corrected chi connectivity index (χ0v) is 10.5. The summed E-state index contributed by atoms with van der Waals surface area (Å²) in [4.78, 5) is 25.9. The molecule has 17 heavy (non-hydrogen) atoms. The fourth-order valence-electron chi connectivity index (χ4n) is 1.06. The largest absolute Gasteiger partial charge is 0.478 e. The highest BCUT2D eigenvalue weighted by Crippen LogP contribution is 2.12. The van der Waals surface area contributed by atoms with E-state index in [-0.39, 0.29) is 11.5 Å². The van der Waals surface area contributed by atoms with Crippen LogP contribution in [0.4, 0.5) is 5.69 Å². The second-order valence-electron chi connectivity index (χ2n) is 3.68. The van der Waals surface area contributed by atoms with Crippen LogP contribution in [0.15, 0.2) is 18.5 Å². The average molecular weight is 254 g/mol. The molecule has 5 nitrogen and oxygen atoms in total. The van der Waals surface area contributed by atoms with Crippen molar-refractivity contribution >= 4 is 29.3 Å².